The maximum Gasteiger partial charge on any atom is 0.0659 e. The van der Waals surface area contributed by atoms with Crippen molar-refractivity contribution in [3.8, 4) is 0 Å². The first-order chi connectivity index (χ1) is 7.04. The minimum Gasteiger partial charge on any atom is -0.330 e. The number of nitrogens with two attached hydrogens (primary N) is 1. The van der Waals surface area contributed by atoms with Crippen LogP contribution in [0.4, 0.5) is 0 Å². The molecule has 1 aromatic rings. The Balaban J connectivity index is 2.38. The molecule has 2 rings (SSSR count). The molecule has 0 aliphatic heterocycles. The van der Waals surface area contributed by atoms with Gasteiger partial charge in [0.1, 0.15) is 0 Å². The molecule has 84 valence electrons. The maximum absolute atomic E-state index is 5.72. The van der Waals surface area contributed by atoms with E-state index in [2.05, 4.69) is 25.1 Å². The van der Waals surface area contributed by atoms with Gasteiger partial charge in [0.2, 0.25) is 0 Å². The molecule has 0 amide bonds. The zero-order valence-corrected chi connectivity index (χ0v) is 9.95. The Labute approximate surface area is 91.7 Å². The van der Waals surface area contributed by atoms with Gasteiger partial charge in [-0.05, 0) is 42.7 Å². The molecule has 1 atom stereocenters. The molecular formula is C12H21N3. The second kappa shape index (κ2) is 3.63. The summed E-state index contributed by atoms with van der Waals surface area (Å²) in [5.74, 6) is 0.583. The highest BCUT2D eigenvalue weighted by atomic mass is 15.3. The summed E-state index contributed by atoms with van der Waals surface area (Å²) < 4.78 is 1.94. The van der Waals surface area contributed by atoms with Crippen molar-refractivity contribution in [1.29, 1.82) is 0 Å². The second-order valence-electron chi connectivity index (χ2n) is 5.32. The Bertz CT molecular complexity index is 352. The molecule has 0 fully saturated rings. The SMILES string of the molecule is Cn1cc2c(n1)CCC(C)(C)C2CCN. The highest BCUT2D eigenvalue weighted by molar-refractivity contribution is 5.27. The van der Waals surface area contributed by atoms with Crippen molar-refractivity contribution in [3.05, 3.63) is 17.5 Å². The van der Waals surface area contributed by atoms with Crippen molar-refractivity contribution >= 4 is 0 Å². The molecule has 2 N–H and O–H groups in total. The Morgan fingerprint density at radius 3 is 3.00 bits per heavy atom. The van der Waals surface area contributed by atoms with Gasteiger partial charge >= 0.3 is 0 Å². The van der Waals surface area contributed by atoms with Crippen LogP contribution in [0.1, 0.15) is 43.9 Å². The number of nitrogens with zero attached hydrogens (tertiary/aromatic N) is 2. The zero-order valence-electron chi connectivity index (χ0n) is 9.95. The van der Waals surface area contributed by atoms with Crippen LogP contribution in [0.15, 0.2) is 6.20 Å². The predicted octanol–water partition coefficient (Wildman–Crippen LogP) is 1.82. The molecular weight excluding hydrogens is 186 g/mol. The topological polar surface area (TPSA) is 43.8 Å². The largest absolute Gasteiger partial charge is 0.330 e. The van der Waals surface area contributed by atoms with E-state index in [-0.39, 0.29) is 0 Å². The van der Waals surface area contributed by atoms with Crippen LogP contribution in [0, 0.1) is 5.41 Å². The third-order valence-corrected chi connectivity index (χ3v) is 3.72. The summed E-state index contributed by atoms with van der Waals surface area (Å²) in [6, 6.07) is 0. The van der Waals surface area contributed by atoms with E-state index in [1.54, 1.807) is 0 Å². The zero-order chi connectivity index (χ0) is 11.1. The first-order valence-electron chi connectivity index (χ1n) is 5.77. The maximum atomic E-state index is 5.72. The van der Waals surface area contributed by atoms with Crippen LogP contribution in [-0.4, -0.2) is 16.3 Å². The van der Waals surface area contributed by atoms with Crippen molar-refractivity contribution < 1.29 is 0 Å². The Morgan fingerprint density at radius 1 is 1.60 bits per heavy atom. The minimum atomic E-state index is 0.370. The fourth-order valence-corrected chi connectivity index (χ4v) is 2.79. The van der Waals surface area contributed by atoms with E-state index in [4.69, 9.17) is 5.73 Å². The molecule has 0 radical (unpaired) electrons. The van der Waals surface area contributed by atoms with E-state index in [0.717, 1.165) is 19.4 Å². The van der Waals surface area contributed by atoms with Crippen LogP contribution >= 0.6 is 0 Å². The fraction of sp³-hybridized carbons (Fsp3) is 0.750. The molecule has 1 aliphatic rings. The minimum absolute atomic E-state index is 0.370. The number of aromatic nitrogens is 2. The third-order valence-electron chi connectivity index (χ3n) is 3.72. The van der Waals surface area contributed by atoms with Gasteiger partial charge < -0.3 is 5.73 Å². The number of rotatable bonds is 2. The van der Waals surface area contributed by atoms with Crippen molar-refractivity contribution in [1.82, 2.24) is 9.78 Å². The summed E-state index contributed by atoms with van der Waals surface area (Å²) in [6.07, 6.45) is 5.59. The van der Waals surface area contributed by atoms with E-state index in [0.29, 0.717) is 11.3 Å². The first-order valence-corrected chi connectivity index (χ1v) is 5.77. The van der Waals surface area contributed by atoms with E-state index in [1.807, 2.05) is 11.7 Å². The summed E-state index contributed by atoms with van der Waals surface area (Å²) in [6.45, 7) is 5.47. The number of fused-ring (bicyclic) bond motifs is 1. The number of aryl methyl sites for hydroxylation is 2. The van der Waals surface area contributed by atoms with E-state index < -0.39 is 0 Å². The lowest BCUT2D eigenvalue weighted by Crippen LogP contribution is -2.29. The third kappa shape index (κ3) is 1.81. The highest BCUT2D eigenvalue weighted by Crippen LogP contribution is 2.46. The van der Waals surface area contributed by atoms with Crippen LogP contribution < -0.4 is 5.73 Å². The van der Waals surface area contributed by atoms with Crippen LogP contribution in [0.2, 0.25) is 0 Å². The van der Waals surface area contributed by atoms with Crippen LogP contribution in [-0.2, 0) is 13.5 Å². The Kier molecular flexibility index (Phi) is 2.59. The van der Waals surface area contributed by atoms with Crippen molar-refractivity contribution in [2.24, 2.45) is 18.2 Å². The Morgan fingerprint density at radius 2 is 2.33 bits per heavy atom. The van der Waals surface area contributed by atoms with Gasteiger partial charge in [0.15, 0.2) is 0 Å². The number of hydrogen-bond acceptors (Lipinski definition) is 2. The molecule has 0 saturated heterocycles. The van der Waals surface area contributed by atoms with Crippen LogP contribution in [0.25, 0.3) is 0 Å². The summed E-state index contributed by atoms with van der Waals surface area (Å²) >= 11 is 0. The molecule has 1 aromatic heterocycles. The molecule has 0 bridgehead atoms. The number of hydrogen-bond donors (Lipinski definition) is 1. The monoisotopic (exact) mass is 207 g/mol. The lowest BCUT2D eigenvalue weighted by atomic mass is 9.67. The van der Waals surface area contributed by atoms with Crippen LogP contribution in [0.3, 0.4) is 0 Å². The van der Waals surface area contributed by atoms with Gasteiger partial charge in [-0.15, -0.1) is 0 Å². The van der Waals surface area contributed by atoms with Gasteiger partial charge in [0, 0.05) is 13.2 Å². The molecule has 1 unspecified atom stereocenters. The van der Waals surface area contributed by atoms with Crippen molar-refractivity contribution in [2.45, 2.75) is 39.0 Å². The summed E-state index contributed by atoms with van der Waals surface area (Å²) in [5.41, 5.74) is 8.80. The average molecular weight is 207 g/mol. The van der Waals surface area contributed by atoms with Gasteiger partial charge in [-0.2, -0.15) is 5.10 Å². The van der Waals surface area contributed by atoms with Crippen molar-refractivity contribution in [2.75, 3.05) is 6.54 Å². The molecule has 1 aliphatic carbocycles. The lowest BCUT2D eigenvalue weighted by Gasteiger charge is -2.38. The lowest BCUT2D eigenvalue weighted by molar-refractivity contribution is 0.235. The predicted molar refractivity (Wildman–Crippen MR) is 61.7 cm³/mol. The summed E-state index contributed by atoms with van der Waals surface area (Å²) in [4.78, 5) is 0. The average Bonchev–Trinajstić information content (AvgIpc) is 2.51. The fourth-order valence-electron chi connectivity index (χ4n) is 2.79. The van der Waals surface area contributed by atoms with Gasteiger partial charge in [0.25, 0.3) is 0 Å². The molecule has 15 heavy (non-hydrogen) atoms. The van der Waals surface area contributed by atoms with E-state index >= 15 is 0 Å². The molecule has 0 aromatic carbocycles. The molecule has 3 nitrogen and oxygen atoms in total. The molecule has 0 saturated carbocycles. The first kappa shape index (κ1) is 10.7. The summed E-state index contributed by atoms with van der Waals surface area (Å²) in [5, 5.41) is 4.53. The molecule has 1 heterocycles. The summed E-state index contributed by atoms with van der Waals surface area (Å²) in [7, 11) is 2.00. The Hall–Kier alpha value is -0.830. The van der Waals surface area contributed by atoms with Gasteiger partial charge in [-0.25, -0.2) is 0 Å². The van der Waals surface area contributed by atoms with Gasteiger partial charge in [0.05, 0.1) is 5.69 Å². The van der Waals surface area contributed by atoms with Gasteiger partial charge in [-0.3, -0.25) is 4.68 Å². The highest BCUT2D eigenvalue weighted by Gasteiger charge is 2.36. The quantitative estimate of drug-likeness (QED) is 0.804. The molecule has 0 spiro atoms. The standard InChI is InChI=1S/C12H21N3/c1-12(2)6-4-11-9(8-15(3)14-11)10(12)5-7-13/h8,10H,4-7,13H2,1-3H3. The van der Waals surface area contributed by atoms with Gasteiger partial charge in [-0.1, -0.05) is 13.8 Å². The second-order valence-corrected chi connectivity index (χ2v) is 5.32. The van der Waals surface area contributed by atoms with Crippen molar-refractivity contribution in [3.63, 3.8) is 0 Å². The van der Waals surface area contributed by atoms with E-state index in [1.165, 1.54) is 17.7 Å². The molecule has 3 heteroatoms. The van der Waals surface area contributed by atoms with E-state index in [9.17, 15) is 0 Å². The van der Waals surface area contributed by atoms with Crippen LogP contribution in [0.5, 0.6) is 0 Å². The smallest absolute Gasteiger partial charge is 0.0659 e. The normalized spacial score (nSPS) is 23.9.